The van der Waals surface area contributed by atoms with Crippen LogP contribution in [-0.4, -0.2) is 39.8 Å². The zero-order valence-corrected chi connectivity index (χ0v) is 13.3. The van der Waals surface area contributed by atoms with E-state index in [4.69, 9.17) is 4.74 Å². The first-order valence-electron chi connectivity index (χ1n) is 7.75. The van der Waals surface area contributed by atoms with Crippen LogP contribution in [0.15, 0.2) is 55.4 Å². The summed E-state index contributed by atoms with van der Waals surface area (Å²) in [6.45, 7) is 7.31. The lowest BCUT2D eigenvalue weighted by atomic mass is 10.1. The third-order valence-electron chi connectivity index (χ3n) is 4.13. The fraction of sp³-hybridized carbons (Fsp3) is 0.333. The van der Waals surface area contributed by atoms with E-state index in [0.29, 0.717) is 19.7 Å². The molecular weight excluding hydrogens is 290 g/mol. The number of ether oxygens (including phenoxy) is 1. The Morgan fingerprint density at radius 1 is 1.43 bits per heavy atom. The molecule has 2 aromatic rings. The van der Waals surface area contributed by atoms with E-state index in [2.05, 4.69) is 36.8 Å². The van der Waals surface area contributed by atoms with Crippen LogP contribution < -0.4 is 0 Å². The van der Waals surface area contributed by atoms with Gasteiger partial charge in [0.1, 0.15) is 0 Å². The van der Waals surface area contributed by atoms with Gasteiger partial charge in [0, 0.05) is 25.5 Å². The Kier molecular flexibility index (Phi) is 4.57. The molecule has 0 radical (unpaired) electrons. The van der Waals surface area contributed by atoms with Crippen molar-refractivity contribution < 1.29 is 9.53 Å². The van der Waals surface area contributed by atoms with E-state index in [1.165, 1.54) is 11.6 Å². The van der Waals surface area contributed by atoms with Crippen LogP contribution in [0.5, 0.6) is 0 Å². The van der Waals surface area contributed by atoms with E-state index in [1.807, 2.05) is 23.0 Å². The van der Waals surface area contributed by atoms with Crippen molar-refractivity contribution in [2.75, 3.05) is 13.1 Å². The molecule has 2 heterocycles. The molecule has 1 aliphatic rings. The molecule has 1 amide bonds. The average molecular weight is 311 g/mol. The highest BCUT2D eigenvalue weighted by molar-refractivity contribution is 5.87. The number of hydrogen-bond donors (Lipinski definition) is 0. The van der Waals surface area contributed by atoms with Crippen molar-refractivity contribution in [3.8, 4) is 0 Å². The molecular formula is C18H21N3O2. The van der Waals surface area contributed by atoms with Gasteiger partial charge < -0.3 is 9.64 Å². The molecule has 5 heteroatoms. The van der Waals surface area contributed by atoms with Gasteiger partial charge in [-0.1, -0.05) is 36.4 Å². The van der Waals surface area contributed by atoms with E-state index in [1.54, 1.807) is 11.1 Å². The Morgan fingerprint density at radius 2 is 2.30 bits per heavy atom. The largest absolute Gasteiger partial charge is 0.369 e. The summed E-state index contributed by atoms with van der Waals surface area (Å²) in [5, 5.41) is 4.31. The number of carbonyl (C=O) groups is 1. The van der Waals surface area contributed by atoms with E-state index in [9.17, 15) is 4.79 Å². The molecule has 0 unspecified atom stereocenters. The maximum absolute atomic E-state index is 11.9. The number of amides is 1. The summed E-state index contributed by atoms with van der Waals surface area (Å²) in [4.78, 5) is 13.7. The number of aryl methyl sites for hydroxylation is 1. The fourth-order valence-electron chi connectivity index (χ4n) is 2.97. The van der Waals surface area contributed by atoms with Crippen LogP contribution in [0, 0.1) is 6.92 Å². The van der Waals surface area contributed by atoms with Gasteiger partial charge in [-0.2, -0.15) is 5.10 Å². The summed E-state index contributed by atoms with van der Waals surface area (Å²) in [6.07, 6.45) is 4.92. The molecule has 23 heavy (non-hydrogen) atoms. The number of aromatic nitrogens is 2. The molecule has 0 saturated carbocycles. The lowest BCUT2D eigenvalue weighted by Gasteiger charge is -2.19. The van der Waals surface area contributed by atoms with E-state index < -0.39 is 0 Å². The molecule has 5 nitrogen and oxygen atoms in total. The van der Waals surface area contributed by atoms with Crippen molar-refractivity contribution in [1.29, 1.82) is 0 Å². The summed E-state index contributed by atoms with van der Waals surface area (Å²) in [6, 6.07) is 10.2. The molecule has 2 atom stereocenters. The average Bonchev–Trinajstić information content (AvgIpc) is 3.21. The monoisotopic (exact) mass is 311 g/mol. The summed E-state index contributed by atoms with van der Waals surface area (Å²) >= 11 is 0. The lowest BCUT2D eigenvalue weighted by Crippen LogP contribution is -2.28. The van der Waals surface area contributed by atoms with Gasteiger partial charge in [0.05, 0.1) is 18.8 Å². The second-order valence-corrected chi connectivity index (χ2v) is 5.84. The van der Waals surface area contributed by atoms with Gasteiger partial charge in [-0.3, -0.25) is 9.48 Å². The fourth-order valence-corrected chi connectivity index (χ4v) is 2.97. The lowest BCUT2D eigenvalue weighted by molar-refractivity contribution is -0.125. The highest BCUT2D eigenvalue weighted by atomic mass is 16.5. The number of nitrogens with zero attached hydrogens (tertiary/aromatic N) is 3. The first-order valence-corrected chi connectivity index (χ1v) is 7.75. The summed E-state index contributed by atoms with van der Waals surface area (Å²) in [5.74, 6) is -0.0659. The second-order valence-electron chi connectivity index (χ2n) is 5.84. The number of benzene rings is 1. The van der Waals surface area contributed by atoms with Gasteiger partial charge in [-0.05, 0) is 24.6 Å². The van der Waals surface area contributed by atoms with Gasteiger partial charge in [0.25, 0.3) is 0 Å². The molecule has 0 aliphatic carbocycles. The quantitative estimate of drug-likeness (QED) is 0.796. The minimum Gasteiger partial charge on any atom is -0.369 e. The minimum absolute atomic E-state index is 0.0266. The molecule has 120 valence electrons. The number of hydrogen-bond acceptors (Lipinski definition) is 3. The summed E-state index contributed by atoms with van der Waals surface area (Å²) in [7, 11) is 0. The van der Waals surface area contributed by atoms with Crippen LogP contribution in [0.1, 0.15) is 17.2 Å². The Labute approximate surface area is 136 Å². The molecule has 0 spiro atoms. The minimum atomic E-state index is -0.0840. The summed E-state index contributed by atoms with van der Waals surface area (Å²) in [5.41, 5.74) is 2.35. The van der Waals surface area contributed by atoms with Crippen molar-refractivity contribution in [1.82, 2.24) is 14.7 Å². The van der Waals surface area contributed by atoms with Gasteiger partial charge in [0.2, 0.25) is 5.91 Å². The number of rotatable bonds is 5. The van der Waals surface area contributed by atoms with E-state index >= 15 is 0 Å². The smallest absolute Gasteiger partial charge is 0.246 e. The number of likely N-dealkylation sites (tertiary alicyclic amines) is 1. The van der Waals surface area contributed by atoms with Gasteiger partial charge in [-0.25, -0.2) is 0 Å². The van der Waals surface area contributed by atoms with Crippen LogP contribution in [0.3, 0.4) is 0 Å². The Bertz CT molecular complexity index is 681. The van der Waals surface area contributed by atoms with Crippen molar-refractivity contribution in [2.45, 2.75) is 25.7 Å². The van der Waals surface area contributed by atoms with Crippen molar-refractivity contribution >= 4 is 5.91 Å². The van der Waals surface area contributed by atoms with Gasteiger partial charge in [-0.15, -0.1) is 0 Å². The molecule has 1 aliphatic heterocycles. The maximum Gasteiger partial charge on any atom is 0.246 e. The third kappa shape index (κ3) is 3.51. The molecule has 3 rings (SSSR count). The predicted octanol–water partition coefficient (Wildman–Crippen LogP) is 2.35. The zero-order valence-electron chi connectivity index (χ0n) is 13.3. The molecule has 1 fully saturated rings. The summed E-state index contributed by atoms with van der Waals surface area (Å²) < 4.78 is 7.99. The number of carbonyl (C=O) groups excluding carboxylic acids is 1. The van der Waals surface area contributed by atoms with E-state index in [0.717, 1.165) is 5.56 Å². The topological polar surface area (TPSA) is 47.4 Å². The Balaban J connectivity index is 1.72. The molecule has 1 aromatic heterocycles. The predicted molar refractivity (Wildman–Crippen MR) is 87.8 cm³/mol. The first-order chi connectivity index (χ1) is 11.2. The normalized spacial score (nSPS) is 20.7. The highest BCUT2D eigenvalue weighted by Gasteiger charge is 2.36. The Hall–Kier alpha value is -2.40. The van der Waals surface area contributed by atoms with Crippen LogP contribution >= 0.6 is 0 Å². The van der Waals surface area contributed by atoms with Crippen LogP contribution in [0.4, 0.5) is 0 Å². The van der Waals surface area contributed by atoms with Crippen LogP contribution in [0.2, 0.25) is 0 Å². The standard InChI is InChI=1S/C18H21N3O2/c1-3-18(22)20-11-16(21-9-5-8-19-21)17(12-20)23-13-15-7-4-6-14(2)10-15/h3-10,16-17H,1,11-13H2,2H3/t16-,17-/m1/s1. The van der Waals surface area contributed by atoms with Gasteiger partial charge in [0.15, 0.2) is 0 Å². The van der Waals surface area contributed by atoms with Crippen molar-refractivity contribution in [3.05, 3.63) is 66.5 Å². The highest BCUT2D eigenvalue weighted by Crippen LogP contribution is 2.25. The van der Waals surface area contributed by atoms with Crippen LogP contribution in [-0.2, 0) is 16.1 Å². The maximum atomic E-state index is 11.9. The molecule has 1 saturated heterocycles. The van der Waals surface area contributed by atoms with Crippen LogP contribution in [0.25, 0.3) is 0 Å². The van der Waals surface area contributed by atoms with Crippen molar-refractivity contribution in [3.63, 3.8) is 0 Å². The zero-order chi connectivity index (χ0) is 16.2. The third-order valence-corrected chi connectivity index (χ3v) is 4.13. The molecule has 0 N–H and O–H groups in total. The molecule has 0 bridgehead atoms. The van der Waals surface area contributed by atoms with E-state index in [-0.39, 0.29) is 18.1 Å². The Morgan fingerprint density at radius 3 is 3.00 bits per heavy atom. The van der Waals surface area contributed by atoms with Crippen molar-refractivity contribution in [2.24, 2.45) is 0 Å². The molecule has 1 aromatic carbocycles. The van der Waals surface area contributed by atoms with Gasteiger partial charge >= 0.3 is 0 Å². The first kappa shape index (κ1) is 15.5. The SMILES string of the molecule is C=CC(=O)N1C[C@@H](n2cccn2)[C@H](OCc2cccc(C)c2)C1. The second kappa shape index (κ2) is 6.79.